The van der Waals surface area contributed by atoms with E-state index in [4.69, 9.17) is 9.47 Å². The van der Waals surface area contributed by atoms with Crippen molar-refractivity contribution in [1.29, 1.82) is 0 Å². The molecule has 0 aliphatic rings. The molecule has 0 fully saturated rings. The number of hydrogen-bond acceptors (Lipinski definition) is 3. The topological polar surface area (TPSA) is 35.5 Å². The van der Waals surface area contributed by atoms with Crippen LogP contribution in [-0.2, 0) is 0 Å². The smallest absolute Gasteiger partial charge is 0.174 e. The molecule has 0 spiro atoms. The van der Waals surface area contributed by atoms with Crippen LogP contribution in [0, 0.1) is 17.8 Å². The summed E-state index contributed by atoms with van der Waals surface area (Å²) in [5, 5.41) is 0. The fourth-order valence-electron chi connectivity index (χ4n) is 2.46. The number of methoxy groups -OCH3 is 2. The predicted molar refractivity (Wildman–Crippen MR) is 81.4 cm³/mol. The van der Waals surface area contributed by atoms with E-state index in [0.29, 0.717) is 17.1 Å². The van der Waals surface area contributed by atoms with Gasteiger partial charge in [0, 0.05) is 6.42 Å². The monoisotopic (exact) mass is 277 g/mol. The Morgan fingerprint density at radius 1 is 1.20 bits per heavy atom. The molecular formula is C17H25O3. The van der Waals surface area contributed by atoms with E-state index in [2.05, 4.69) is 27.7 Å². The number of carbonyl (C=O) groups is 1. The summed E-state index contributed by atoms with van der Waals surface area (Å²) in [5.41, 5.74) is 0.694. The van der Waals surface area contributed by atoms with Crippen LogP contribution in [-0.4, -0.2) is 20.0 Å². The predicted octanol–water partition coefficient (Wildman–Crippen LogP) is 4.16. The van der Waals surface area contributed by atoms with Crippen molar-refractivity contribution in [3.63, 3.8) is 0 Å². The molecule has 0 N–H and O–H groups in total. The van der Waals surface area contributed by atoms with Crippen molar-refractivity contribution < 1.29 is 14.3 Å². The number of hydrogen-bond donors (Lipinski definition) is 0. The van der Waals surface area contributed by atoms with E-state index in [1.54, 1.807) is 32.8 Å². The first-order chi connectivity index (χ1) is 9.28. The van der Waals surface area contributed by atoms with E-state index in [1.165, 1.54) is 0 Å². The average Bonchev–Trinajstić information content (AvgIpc) is 2.35. The van der Waals surface area contributed by atoms with Crippen molar-refractivity contribution in [3.05, 3.63) is 30.2 Å². The number of benzene rings is 1. The van der Waals surface area contributed by atoms with E-state index < -0.39 is 0 Å². The number of Topliss-reactive ketones (excluding diaryl/α,β-unsaturated/α-hetero) is 1. The minimum atomic E-state index is -0.0453. The Labute approximate surface area is 122 Å². The first-order valence-corrected chi connectivity index (χ1v) is 6.88. The SMILES string of the molecule is COc1cccc(OC)c1C(=O)[CH]C(C)CC(C)(C)C. The lowest BCUT2D eigenvalue weighted by Crippen LogP contribution is -2.16. The summed E-state index contributed by atoms with van der Waals surface area (Å²) in [7, 11) is 3.12. The van der Waals surface area contributed by atoms with Crippen LogP contribution in [0.3, 0.4) is 0 Å². The molecule has 1 atom stereocenters. The summed E-state index contributed by atoms with van der Waals surface area (Å²) < 4.78 is 10.5. The fraction of sp³-hybridized carbons (Fsp3) is 0.529. The molecule has 3 nitrogen and oxygen atoms in total. The molecule has 1 radical (unpaired) electrons. The lowest BCUT2D eigenvalue weighted by Gasteiger charge is -2.23. The second kappa shape index (κ2) is 6.78. The molecule has 1 unspecified atom stereocenters. The number of ether oxygens (including phenoxy) is 2. The first-order valence-electron chi connectivity index (χ1n) is 6.88. The van der Waals surface area contributed by atoms with Gasteiger partial charge in [-0.15, -0.1) is 0 Å². The van der Waals surface area contributed by atoms with Crippen LogP contribution >= 0.6 is 0 Å². The van der Waals surface area contributed by atoms with Gasteiger partial charge in [-0.25, -0.2) is 0 Å². The molecule has 1 rings (SSSR count). The van der Waals surface area contributed by atoms with Gasteiger partial charge in [-0.05, 0) is 29.9 Å². The third-order valence-corrected chi connectivity index (χ3v) is 3.04. The summed E-state index contributed by atoms with van der Waals surface area (Å²) in [6.45, 7) is 8.58. The largest absolute Gasteiger partial charge is 0.496 e. The molecule has 0 aromatic heterocycles. The highest BCUT2D eigenvalue weighted by Crippen LogP contribution is 2.32. The molecule has 0 bridgehead atoms. The van der Waals surface area contributed by atoms with Gasteiger partial charge in [0.2, 0.25) is 0 Å². The first kappa shape index (κ1) is 16.5. The van der Waals surface area contributed by atoms with Gasteiger partial charge in [-0.2, -0.15) is 0 Å². The van der Waals surface area contributed by atoms with Gasteiger partial charge in [-0.1, -0.05) is 33.8 Å². The zero-order chi connectivity index (χ0) is 15.3. The molecule has 1 aromatic rings. The Hall–Kier alpha value is -1.51. The molecule has 0 saturated carbocycles. The molecule has 0 aliphatic carbocycles. The van der Waals surface area contributed by atoms with Crippen LogP contribution in [0.4, 0.5) is 0 Å². The maximum absolute atomic E-state index is 12.5. The molecular weight excluding hydrogens is 252 g/mol. The van der Waals surface area contributed by atoms with Crippen LogP contribution in [0.5, 0.6) is 11.5 Å². The van der Waals surface area contributed by atoms with Crippen molar-refractivity contribution in [2.45, 2.75) is 34.1 Å². The van der Waals surface area contributed by atoms with Gasteiger partial charge >= 0.3 is 0 Å². The molecule has 111 valence electrons. The Morgan fingerprint density at radius 2 is 1.70 bits per heavy atom. The van der Waals surface area contributed by atoms with Crippen molar-refractivity contribution in [3.8, 4) is 11.5 Å². The summed E-state index contributed by atoms with van der Waals surface area (Å²) in [6.07, 6.45) is 2.71. The van der Waals surface area contributed by atoms with Crippen LogP contribution in [0.1, 0.15) is 44.5 Å². The highest BCUT2D eigenvalue weighted by molar-refractivity contribution is 6.07. The van der Waals surface area contributed by atoms with Crippen LogP contribution in [0.25, 0.3) is 0 Å². The number of ketones is 1. The van der Waals surface area contributed by atoms with E-state index in [-0.39, 0.29) is 17.1 Å². The zero-order valence-corrected chi connectivity index (χ0v) is 13.3. The highest BCUT2D eigenvalue weighted by atomic mass is 16.5. The third kappa shape index (κ3) is 4.55. The molecule has 20 heavy (non-hydrogen) atoms. The molecule has 1 aromatic carbocycles. The molecule has 3 heteroatoms. The van der Waals surface area contributed by atoms with Gasteiger partial charge in [0.15, 0.2) is 5.78 Å². The van der Waals surface area contributed by atoms with Crippen LogP contribution < -0.4 is 9.47 Å². The van der Waals surface area contributed by atoms with E-state index in [9.17, 15) is 4.79 Å². The molecule has 0 amide bonds. The van der Waals surface area contributed by atoms with E-state index in [0.717, 1.165) is 6.42 Å². The van der Waals surface area contributed by atoms with Crippen molar-refractivity contribution in [1.82, 2.24) is 0 Å². The lowest BCUT2D eigenvalue weighted by molar-refractivity contribution is 0.100. The number of carbonyl (C=O) groups excluding carboxylic acids is 1. The van der Waals surface area contributed by atoms with Gasteiger partial charge < -0.3 is 9.47 Å². The van der Waals surface area contributed by atoms with Crippen molar-refractivity contribution in [2.75, 3.05) is 14.2 Å². The molecule has 0 heterocycles. The zero-order valence-electron chi connectivity index (χ0n) is 13.3. The minimum absolute atomic E-state index is 0.0453. The second-order valence-electron chi connectivity index (χ2n) is 6.31. The van der Waals surface area contributed by atoms with E-state index >= 15 is 0 Å². The summed E-state index contributed by atoms with van der Waals surface area (Å²) in [6, 6.07) is 5.36. The van der Waals surface area contributed by atoms with Crippen molar-refractivity contribution >= 4 is 5.78 Å². The lowest BCUT2D eigenvalue weighted by atomic mass is 9.83. The number of rotatable bonds is 6. The molecule has 0 saturated heterocycles. The van der Waals surface area contributed by atoms with E-state index in [1.807, 2.05) is 6.07 Å². The summed E-state index contributed by atoms with van der Waals surface area (Å²) >= 11 is 0. The molecule has 0 aliphatic heterocycles. The Bertz CT molecular complexity index is 436. The van der Waals surface area contributed by atoms with Crippen LogP contribution in [0.15, 0.2) is 18.2 Å². The van der Waals surface area contributed by atoms with Gasteiger partial charge in [0.1, 0.15) is 17.1 Å². The highest BCUT2D eigenvalue weighted by Gasteiger charge is 2.23. The maximum Gasteiger partial charge on any atom is 0.174 e. The Morgan fingerprint density at radius 3 is 2.10 bits per heavy atom. The normalized spacial score (nSPS) is 12.9. The quantitative estimate of drug-likeness (QED) is 0.732. The summed E-state index contributed by atoms with van der Waals surface area (Å²) in [5.74, 6) is 1.26. The Kier molecular flexibility index (Phi) is 5.61. The van der Waals surface area contributed by atoms with Gasteiger partial charge in [0.25, 0.3) is 0 Å². The van der Waals surface area contributed by atoms with Gasteiger partial charge in [0.05, 0.1) is 14.2 Å². The fourth-order valence-corrected chi connectivity index (χ4v) is 2.46. The third-order valence-electron chi connectivity index (χ3n) is 3.04. The maximum atomic E-state index is 12.5. The van der Waals surface area contributed by atoms with Crippen molar-refractivity contribution in [2.24, 2.45) is 11.3 Å². The second-order valence-corrected chi connectivity index (χ2v) is 6.31. The average molecular weight is 277 g/mol. The Balaban J connectivity index is 2.92. The minimum Gasteiger partial charge on any atom is -0.496 e. The van der Waals surface area contributed by atoms with Gasteiger partial charge in [-0.3, -0.25) is 4.79 Å². The summed E-state index contributed by atoms with van der Waals surface area (Å²) in [4.78, 5) is 12.5. The van der Waals surface area contributed by atoms with Crippen LogP contribution in [0.2, 0.25) is 0 Å². The standard InChI is InChI=1S/C17H25O3/c1-12(11-17(2,3)4)10-13(18)16-14(19-5)8-7-9-15(16)20-6/h7-10,12H,11H2,1-6H3.